The number of anilines is 1. The highest BCUT2D eigenvalue weighted by Crippen LogP contribution is 2.34. The smallest absolute Gasteiger partial charge is 0.222 e. The SMILES string of the molecule is Cc1nc2ccccc2c(N)c1-c1cc(C)c2c(C)nc3ccccc3c2[nH+]1. The summed E-state index contributed by atoms with van der Waals surface area (Å²) in [6, 6.07) is 18.4. The second-order valence-electron chi connectivity index (χ2n) is 7.33. The molecule has 136 valence electrons. The van der Waals surface area contributed by atoms with Crippen LogP contribution in [0.2, 0.25) is 0 Å². The molecule has 0 saturated heterocycles. The number of nitrogen functional groups attached to an aromatic ring is 1. The molecule has 0 unspecified atom stereocenters. The first-order chi connectivity index (χ1) is 13.5. The third-order valence-corrected chi connectivity index (χ3v) is 5.47. The first kappa shape index (κ1) is 16.6. The molecule has 0 radical (unpaired) electrons. The predicted molar refractivity (Wildman–Crippen MR) is 115 cm³/mol. The molecule has 0 fully saturated rings. The van der Waals surface area contributed by atoms with E-state index in [-0.39, 0.29) is 0 Å². The fourth-order valence-corrected chi connectivity index (χ4v) is 4.25. The summed E-state index contributed by atoms with van der Waals surface area (Å²) in [6.07, 6.45) is 0. The molecule has 0 spiro atoms. The Labute approximate surface area is 163 Å². The standard InChI is InChI=1S/C24H20N4/c1-13-12-20(22-15(3)27-18-10-6-4-8-16(18)23(22)25)28-24-17-9-5-7-11-19(17)26-14(2)21(13)24/h4-12H,1-3H3,(H2,25,27)/p+1. The third kappa shape index (κ3) is 2.34. The van der Waals surface area contributed by atoms with E-state index in [9.17, 15) is 0 Å². The summed E-state index contributed by atoms with van der Waals surface area (Å²) in [7, 11) is 0. The number of aryl methyl sites for hydroxylation is 3. The van der Waals surface area contributed by atoms with Crippen LogP contribution in [0.5, 0.6) is 0 Å². The van der Waals surface area contributed by atoms with Crippen molar-refractivity contribution in [2.75, 3.05) is 5.73 Å². The number of nitrogens with zero attached hydrogens (tertiary/aromatic N) is 2. The third-order valence-electron chi connectivity index (χ3n) is 5.47. The van der Waals surface area contributed by atoms with E-state index < -0.39 is 0 Å². The van der Waals surface area contributed by atoms with Crippen LogP contribution in [0.25, 0.3) is 44.0 Å². The highest BCUT2D eigenvalue weighted by molar-refractivity contribution is 6.04. The molecule has 3 aromatic heterocycles. The number of hydrogen-bond acceptors (Lipinski definition) is 3. The van der Waals surface area contributed by atoms with Crippen molar-refractivity contribution in [1.29, 1.82) is 0 Å². The van der Waals surface area contributed by atoms with E-state index in [1.54, 1.807) is 0 Å². The van der Waals surface area contributed by atoms with Crippen molar-refractivity contribution < 1.29 is 4.98 Å². The van der Waals surface area contributed by atoms with Gasteiger partial charge in [-0.3, -0.25) is 9.97 Å². The Hall–Kier alpha value is -3.53. The topological polar surface area (TPSA) is 65.9 Å². The molecule has 28 heavy (non-hydrogen) atoms. The zero-order valence-corrected chi connectivity index (χ0v) is 16.2. The Kier molecular flexibility index (Phi) is 3.56. The minimum absolute atomic E-state index is 0.758. The van der Waals surface area contributed by atoms with Gasteiger partial charge in [0.2, 0.25) is 11.2 Å². The molecule has 4 nitrogen and oxygen atoms in total. The predicted octanol–water partition coefficient (Wildman–Crippen LogP) is 4.92. The molecule has 0 atom stereocenters. The van der Waals surface area contributed by atoms with Crippen LogP contribution in [-0.2, 0) is 0 Å². The number of nitrogens with two attached hydrogens (primary N) is 1. The van der Waals surface area contributed by atoms with E-state index in [1.807, 2.05) is 43.3 Å². The van der Waals surface area contributed by atoms with Crippen LogP contribution in [0.4, 0.5) is 5.69 Å². The maximum Gasteiger partial charge on any atom is 0.222 e. The van der Waals surface area contributed by atoms with Crippen molar-refractivity contribution in [1.82, 2.24) is 9.97 Å². The zero-order valence-electron chi connectivity index (χ0n) is 16.2. The van der Waals surface area contributed by atoms with Gasteiger partial charge in [0.25, 0.3) is 0 Å². The molecule has 0 bridgehead atoms. The summed E-state index contributed by atoms with van der Waals surface area (Å²) < 4.78 is 0. The number of rotatable bonds is 1. The lowest BCUT2D eigenvalue weighted by molar-refractivity contribution is -0.329. The molecule has 0 aliphatic carbocycles. The van der Waals surface area contributed by atoms with Crippen LogP contribution in [-0.4, -0.2) is 9.97 Å². The normalized spacial score (nSPS) is 11.5. The van der Waals surface area contributed by atoms with Crippen molar-refractivity contribution in [3.8, 4) is 11.3 Å². The quantitative estimate of drug-likeness (QED) is 0.429. The van der Waals surface area contributed by atoms with Gasteiger partial charge < -0.3 is 5.73 Å². The Balaban J connectivity index is 1.91. The number of H-pyrrole nitrogens is 1. The number of nitrogens with one attached hydrogen (secondary N) is 1. The summed E-state index contributed by atoms with van der Waals surface area (Å²) in [5, 5.41) is 3.25. The Morgan fingerprint density at radius 2 is 1.39 bits per heavy atom. The highest BCUT2D eigenvalue weighted by Gasteiger charge is 2.21. The van der Waals surface area contributed by atoms with Gasteiger partial charge in [-0.05, 0) is 44.5 Å². The van der Waals surface area contributed by atoms with Crippen LogP contribution >= 0.6 is 0 Å². The number of aromatic nitrogens is 3. The molecule has 5 rings (SSSR count). The van der Waals surface area contributed by atoms with Crippen molar-refractivity contribution in [2.45, 2.75) is 20.8 Å². The van der Waals surface area contributed by atoms with Crippen molar-refractivity contribution in [3.05, 3.63) is 71.5 Å². The minimum atomic E-state index is 0.758. The molecule has 3 heterocycles. The fraction of sp³-hybridized carbons (Fsp3) is 0.125. The minimum Gasteiger partial charge on any atom is -0.397 e. The van der Waals surface area contributed by atoms with Gasteiger partial charge in [0.05, 0.1) is 44.4 Å². The van der Waals surface area contributed by atoms with Gasteiger partial charge in [0.1, 0.15) is 0 Å². The summed E-state index contributed by atoms with van der Waals surface area (Å²) in [6.45, 7) is 6.21. The summed E-state index contributed by atoms with van der Waals surface area (Å²) >= 11 is 0. The second kappa shape index (κ2) is 5.99. The van der Waals surface area contributed by atoms with E-state index in [1.165, 1.54) is 5.56 Å². The number of hydrogen-bond donors (Lipinski definition) is 1. The molecule has 0 aliphatic rings. The van der Waals surface area contributed by atoms with Gasteiger partial charge in [0.15, 0.2) is 0 Å². The molecule has 0 saturated carbocycles. The summed E-state index contributed by atoms with van der Waals surface area (Å²) in [5.41, 5.74) is 15.4. The largest absolute Gasteiger partial charge is 0.397 e. The zero-order chi connectivity index (χ0) is 19.4. The maximum atomic E-state index is 6.62. The van der Waals surface area contributed by atoms with Gasteiger partial charge in [-0.2, -0.15) is 0 Å². The first-order valence-electron chi connectivity index (χ1n) is 9.42. The van der Waals surface area contributed by atoms with Crippen LogP contribution in [0.1, 0.15) is 17.0 Å². The molecule has 2 aromatic carbocycles. The van der Waals surface area contributed by atoms with E-state index >= 15 is 0 Å². The van der Waals surface area contributed by atoms with Gasteiger partial charge in [0, 0.05) is 11.5 Å². The first-order valence-corrected chi connectivity index (χ1v) is 9.42. The number of pyridine rings is 3. The lowest BCUT2D eigenvalue weighted by atomic mass is 9.99. The average Bonchev–Trinajstić information content (AvgIpc) is 2.68. The molecule has 3 N–H and O–H groups in total. The number of benzene rings is 2. The molecular weight excluding hydrogens is 344 g/mol. The monoisotopic (exact) mass is 365 g/mol. The molecule has 0 aliphatic heterocycles. The van der Waals surface area contributed by atoms with Gasteiger partial charge >= 0.3 is 0 Å². The summed E-state index contributed by atoms with van der Waals surface area (Å²) in [4.78, 5) is 13.2. The molecule has 5 aromatic rings. The van der Waals surface area contributed by atoms with Crippen LogP contribution in [0.3, 0.4) is 0 Å². The molecule has 0 amide bonds. The lowest BCUT2D eigenvalue weighted by Gasteiger charge is -2.11. The van der Waals surface area contributed by atoms with Gasteiger partial charge in [-0.15, -0.1) is 0 Å². The Morgan fingerprint density at radius 3 is 2.14 bits per heavy atom. The van der Waals surface area contributed by atoms with E-state index in [4.69, 9.17) is 15.7 Å². The second-order valence-corrected chi connectivity index (χ2v) is 7.33. The number of fused-ring (bicyclic) bond motifs is 4. The van der Waals surface area contributed by atoms with Crippen LogP contribution in [0, 0.1) is 20.8 Å². The highest BCUT2D eigenvalue weighted by atomic mass is 14.8. The fourth-order valence-electron chi connectivity index (χ4n) is 4.25. The van der Waals surface area contributed by atoms with Crippen molar-refractivity contribution in [3.63, 3.8) is 0 Å². The Morgan fingerprint density at radius 1 is 0.786 bits per heavy atom. The van der Waals surface area contributed by atoms with Gasteiger partial charge in [-0.25, -0.2) is 4.98 Å². The van der Waals surface area contributed by atoms with Crippen LogP contribution < -0.4 is 10.7 Å². The van der Waals surface area contributed by atoms with Crippen molar-refractivity contribution in [2.24, 2.45) is 0 Å². The molecular formula is C24H21N4+. The van der Waals surface area contributed by atoms with Crippen LogP contribution in [0.15, 0.2) is 54.6 Å². The van der Waals surface area contributed by atoms with E-state index in [0.717, 1.165) is 61.0 Å². The van der Waals surface area contributed by atoms with E-state index in [2.05, 4.69) is 37.0 Å². The lowest BCUT2D eigenvalue weighted by Crippen LogP contribution is -2.13. The average molecular weight is 365 g/mol. The maximum absolute atomic E-state index is 6.62. The van der Waals surface area contributed by atoms with E-state index in [0.29, 0.717) is 0 Å². The van der Waals surface area contributed by atoms with Crippen molar-refractivity contribution >= 4 is 38.4 Å². The number of para-hydroxylation sites is 2. The van der Waals surface area contributed by atoms with Gasteiger partial charge in [-0.1, -0.05) is 30.3 Å². The summed E-state index contributed by atoms with van der Waals surface area (Å²) in [5.74, 6) is 0. The number of aromatic amines is 1. The Bertz CT molecular complexity index is 1400. The molecule has 4 heteroatoms.